The Balaban J connectivity index is 2.09. The van der Waals surface area contributed by atoms with Crippen molar-refractivity contribution in [3.8, 4) is 0 Å². The van der Waals surface area contributed by atoms with Gasteiger partial charge in [-0.05, 0) is 6.92 Å². The second kappa shape index (κ2) is 4.92. The Bertz CT molecular complexity index is 581. The molecule has 0 aromatic carbocycles. The SMILES string of the molecule is CNc1cn2ccnc2c(N2CCSC(C)C2C)n1. The molecule has 3 rings (SSSR count). The molecule has 0 amide bonds. The lowest BCUT2D eigenvalue weighted by Crippen LogP contribution is -2.45. The standard InChI is InChI=1S/C13H19N5S/c1-9-10(2)19-7-6-18(9)13-12-15-4-5-17(12)8-11(14-3)16-13/h4-5,8-10,14H,6-7H2,1-3H3. The molecule has 2 aromatic heterocycles. The highest BCUT2D eigenvalue weighted by molar-refractivity contribution is 8.00. The monoisotopic (exact) mass is 277 g/mol. The smallest absolute Gasteiger partial charge is 0.180 e. The van der Waals surface area contributed by atoms with Crippen molar-refractivity contribution >= 4 is 29.0 Å². The van der Waals surface area contributed by atoms with Gasteiger partial charge in [-0.1, -0.05) is 6.92 Å². The number of rotatable bonds is 2. The lowest BCUT2D eigenvalue weighted by atomic mass is 10.2. The number of anilines is 2. The van der Waals surface area contributed by atoms with E-state index in [-0.39, 0.29) is 0 Å². The van der Waals surface area contributed by atoms with Crippen molar-refractivity contribution in [1.82, 2.24) is 14.4 Å². The quantitative estimate of drug-likeness (QED) is 0.911. The lowest BCUT2D eigenvalue weighted by molar-refractivity contribution is 0.621. The number of fused-ring (bicyclic) bond motifs is 1. The fourth-order valence-electron chi connectivity index (χ4n) is 2.46. The van der Waals surface area contributed by atoms with Gasteiger partial charge in [0.2, 0.25) is 0 Å². The van der Waals surface area contributed by atoms with Crippen LogP contribution in [-0.2, 0) is 0 Å². The van der Waals surface area contributed by atoms with Crippen LogP contribution in [0, 0.1) is 0 Å². The van der Waals surface area contributed by atoms with E-state index in [2.05, 4.69) is 29.0 Å². The van der Waals surface area contributed by atoms with E-state index < -0.39 is 0 Å². The fourth-order valence-corrected chi connectivity index (χ4v) is 3.56. The summed E-state index contributed by atoms with van der Waals surface area (Å²) in [5.74, 6) is 3.00. The average Bonchev–Trinajstić information content (AvgIpc) is 2.89. The van der Waals surface area contributed by atoms with Crippen LogP contribution < -0.4 is 10.2 Å². The van der Waals surface area contributed by atoms with Gasteiger partial charge in [-0.2, -0.15) is 11.8 Å². The van der Waals surface area contributed by atoms with Gasteiger partial charge in [0.1, 0.15) is 5.82 Å². The van der Waals surface area contributed by atoms with Gasteiger partial charge in [0.05, 0.1) is 6.20 Å². The Labute approximate surface area is 117 Å². The molecule has 1 aliphatic heterocycles. The van der Waals surface area contributed by atoms with Crippen LogP contribution in [0.1, 0.15) is 13.8 Å². The summed E-state index contributed by atoms with van der Waals surface area (Å²) in [5.41, 5.74) is 0.935. The normalized spacial score (nSPS) is 23.8. The maximum absolute atomic E-state index is 4.72. The Kier molecular flexibility index (Phi) is 3.26. The number of nitrogens with zero attached hydrogens (tertiary/aromatic N) is 4. The molecular weight excluding hydrogens is 258 g/mol. The first-order chi connectivity index (χ1) is 9.20. The van der Waals surface area contributed by atoms with Crippen LogP contribution in [0.15, 0.2) is 18.6 Å². The molecule has 102 valence electrons. The molecule has 0 aliphatic carbocycles. The van der Waals surface area contributed by atoms with Gasteiger partial charge >= 0.3 is 0 Å². The molecule has 19 heavy (non-hydrogen) atoms. The van der Waals surface area contributed by atoms with Crippen molar-refractivity contribution in [3.63, 3.8) is 0 Å². The zero-order valence-electron chi connectivity index (χ0n) is 11.5. The summed E-state index contributed by atoms with van der Waals surface area (Å²) in [7, 11) is 1.90. The summed E-state index contributed by atoms with van der Waals surface area (Å²) in [6.07, 6.45) is 5.76. The van der Waals surface area contributed by atoms with Gasteiger partial charge in [0, 0.05) is 43.0 Å². The topological polar surface area (TPSA) is 45.5 Å². The molecule has 2 unspecified atom stereocenters. The third-order valence-corrected chi connectivity index (χ3v) is 5.11. The zero-order valence-corrected chi connectivity index (χ0v) is 12.3. The molecular formula is C13H19N5S. The minimum Gasteiger partial charge on any atom is -0.372 e. The molecule has 1 N–H and O–H groups in total. The van der Waals surface area contributed by atoms with Crippen LogP contribution in [0.25, 0.3) is 5.65 Å². The summed E-state index contributed by atoms with van der Waals surface area (Å²) < 4.78 is 2.04. The molecule has 0 bridgehead atoms. The molecule has 3 heterocycles. The van der Waals surface area contributed by atoms with Crippen LogP contribution in [0.2, 0.25) is 0 Å². The molecule has 1 aliphatic rings. The summed E-state index contributed by atoms with van der Waals surface area (Å²) in [4.78, 5) is 11.6. The Morgan fingerprint density at radius 1 is 1.42 bits per heavy atom. The van der Waals surface area contributed by atoms with Crippen molar-refractivity contribution in [1.29, 1.82) is 0 Å². The highest BCUT2D eigenvalue weighted by Crippen LogP contribution is 2.30. The van der Waals surface area contributed by atoms with Crippen molar-refractivity contribution in [3.05, 3.63) is 18.6 Å². The lowest BCUT2D eigenvalue weighted by Gasteiger charge is -2.38. The number of hydrogen-bond acceptors (Lipinski definition) is 5. The Morgan fingerprint density at radius 2 is 2.26 bits per heavy atom. The van der Waals surface area contributed by atoms with E-state index in [1.54, 1.807) is 0 Å². The molecule has 0 spiro atoms. The van der Waals surface area contributed by atoms with E-state index in [0.717, 1.165) is 29.6 Å². The molecule has 2 atom stereocenters. The highest BCUT2D eigenvalue weighted by atomic mass is 32.2. The third kappa shape index (κ3) is 2.14. The van der Waals surface area contributed by atoms with Gasteiger partial charge < -0.3 is 14.6 Å². The molecule has 1 fully saturated rings. The molecule has 1 saturated heterocycles. The van der Waals surface area contributed by atoms with Crippen LogP contribution in [0.3, 0.4) is 0 Å². The van der Waals surface area contributed by atoms with Gasteiger partial charge in [0.15, 0.2) is 11.5 Å². The van der Waals surface area contributed by atoms with Crippen molar-refractivity contribution in [2.45, 2.75) is 25.1 Å². The largest absolute Gasteiger partial charge is 0.372 e. The molecule has 6 heteroatoms. The second-order valence-electron chi connectivity index (χ2n) is 4.87. The van der Waals surface area contributed by atoms with Crippen molar-refractivity contribution < 1.29 is 0 Å². The minimum absolute atomic E-state index is 0.471. The van der Waals surface area contributed by atoms with Crippen LogP contribution >= 0.6 is 11.8 Å². The van der Waals surface area contributed by atoms with E-state index in [1.165, 1.54) is 0 Å². The summed E-state index contributed by atoms with van der Waals surface area (Å²) >= 11 is 2.03. The Hall–Kier alpha value is -1.43. The number of thioether (sulfide) groups is 1. The molecule has 2 aromatic rings. The van der Waals surface area contributed by atoms with Crippen LogP contribution in [0.5, 0.6) is 0 Å². The fraction of sp³-hybridized carbons (Fsp3) is 0.538. The first-order valence-corrected chi connectivity index (χ1v) is 7.65. The van der Waals surface area contributed by atoms with Gasteiger partial charge in [-0.3, -0.25) is 0 Å². The van der Waals surface area contributed by atoms with Gasteiger partial charge in [-0.15, -0.1) is 0 Å². The average molecular weight is 277 g/mol. The zero-order chi connectivity index (χ0) is 13.4. The minimum atomic E-state index is 0.471. The number of aromatic nitrogens is 3. The third-order valence-electron chi connectivity index (χ3n) is 3.77. The summed E-state index contributed by atoms with van der Waals surface area (Å²) in [6.45, 7) is 5.58. The maximum atomic E-state index is 4.72. The first-order valence-electron chi connectivity index (χ1n) is 6.60. The number of hydrogen-bond donors (Lipinski definition) is 1. The molecule has 0 saturated carbocycles. The van der Waals surface area contributed by atoms with Crippen LogP contribution in [-0.4, -0.2) is 45.0 Å². The van der Waals surface area contributed by atoms with E-state index in [0.29, 0.717) is 11.3 Å². The first kappa shape index (κ1) is 12.6. The highest BCUT2D eigenvalue weighted by Gasteiger charge is 2.28. The summed E-state index contributed by atoms with van der Waals surface area (Å²) in [6, 6.07) is 0.471. The van der Waals surface area contributed by atoms with Crippen molar-refractivity contribution in [2.24, 2.45) is 0 Å². The predicted octanol–water partition coefficient (Wildman–Crippen LogP) is 2.10. The van der Waals surface area contributed by atoms with E-state index in [9.17, 15) is 0 Å². The number of nitrogens with one attached hydrogen (secondary N) is 1. The number of imidazole rings is 1. The van der Waals surface area contributed by atoms with Gasteiger partial charge in [0.25, 0.3) is 0 Å². The van der Waals surface area contributed by atoms with Crippen molar-refractivity contribution in [2.75, 3.05) is 29.6 Å². The Morgan fingerprint density at radius 3 is 3.05 bits per heavy atom. The second-order valence-corrected chi connectivity index (χ2v) is 6.35. The van der Waals surface area contributed by atoms with Gasteiger partial charge in [-0.25, -0.2) is 9.97 Å². The molecule has 5 nitrogen and oxygen atoms in total. The summed E-state index contributed by atoms with van der Waals surface area (Å²) in [5, 5.41) is 3.74. The van der Waals surface area contributed by atoms with E-state index in [1.807, 2.05) is 41.8 Å². The predicted molar refractivity (Wildman–Crippen MR) is 81.3 cm³/mol. The maximum Gasteiger partial charge on any atom is 0.180 e. The van der Waals surface area contributed by atoms with Crippen LogP contribution in [0.4, 0.5) is 11.6 Å². The molecule has 0 radical (unpaired) electrons. The van der Waals surface area contributed by atoms with E-state index in [4.69, 9.17) is 4.98 Å². The van der Waals surface area contributed by atoms with E-state index >= 15 is 0 Å².